The van der Waals surface area contributed by atoms with Gasteiger partial charge in [-0.2, -0.15) is 0 Å². The summed E-state index contributed by atoms with van der Waals surface area (Å²) in [6, 6.07) is 13.0. The van der Waals surface area contributed by atoms with Gasteiger partial charge in [-0.25, -0.2) is 9.37 Å². The monoisotopic (exact) mass is 784 g/mol. The first kappa shape index (κ1) is 40.6. The molecule has 0 unspecified atom stereocenters. The number of halogens is 1. The number of nitrogens with one attached hydrogen (secondary N) is 2. The summed E-state index contributed by atoms with van der Waals surface area (Å²) in [6.45, 7) is 15.6. The average Bonchev–Trinajstić information content (AvgIpc) is 3.79. The molecule has 4 atom stereocenters. The molecule has 5 N–H and O–H groups in total. The minimum atomic E-state index is -0.809. The van der Waals surface area contributed by atoms with Gasteiger partial charge in [0.2, 0.25) is 11.8 Å². The van der Waals surface area contributed by atoms with Gasteiger partial charge in [-0.05, 0) is 73.4 Å². The number of hydrogen-bond acceptors (Lipinski definition) is 11. The smallest absolute Gasteiger partial charge is 0.246 e. The van der Waals surface area contributed by atoms with Crippen molar-refractivity contribution in [2.75, 3.05) is 37.4 Å². The van der Waals surface area contributed by atoms with E-state index >= 15 is 0 Å². The number of nitrogens with zero attached hydrogens (tertiary/aromatic N) is 5. The summed E-state index contributed by atoms with van der Waals surface area (Å²) in [6.07, 6.45) is 1.35. The normalized spacial score (nSPS) is 18.7. The third kappa shape index (κ3) is 9.13. The van der Waals surface area contributed by atoms with E-state index in [1.54, 1.807) is 28.4 Å². The molecule has 12 nitrogen and oxygen atoms in total. The first-order chi connectivity index (χ1) is 26.6. The number of carbonyl (C=O) groups excluding carboxylic acids is 2. The van der Waals surface area contributed by atoms with Crippen molar-refractivity contribution in [3.63, 3.8) is 0 Å². The molecule has 14 heteroatoms. The Morgan fingerprint density at radius 1 is 1.11 bits per heavy atom. The zero-order valence-electron chi connectivity index (χ0n) is 33.0. The fourth-order valence-electron chi connectivity index (χ4n) is 7.68. The van der Waals surface area contributed by atoms with Gasteiger partial charge >= 0.3 is 0 Å². The molecular weight excluding hydrogens is 732 g/mol. The molecule has 2 saturated heterocycles. The SMILES string of the molecule is C=C(N[C@@H](C)c1ccc(-c2scnc2C)cc1)[C@@H]1C[C@@H](O)CN1C(=O)[C@@H](NC(=O)CC1CCN(c2cc(-c3cc(F)ccc3OC)nnc2N)CC1)C(C)(C)C. The number of aliphatic hydroxyl groups excluding tert-OH is 1. The Kier molecular flexibility index (Phi) is 12.3. The number of likely N-dealkylation sites (tertiary alicyclic amines) is 1. The van der Waals surface area contributed by atoms with Crippen LogP contribution in [-0.2, 0) is 9.59 Å². The van der Waals surface area contributed by atoms with Crippen LogP contribution in [0.5, 0.6) is 5.75 Å². The summed E-state index contributed by atoms with van der Waals surface area (Å²) < 4.78 is 19.5. The number of aliphatic hydroxyl groups is 1. The molecule has 56 heavy (non-hydrogen) atoms. The highest BCUT2D eigenvalue weighted by molar-refractivity contribution is 7.13. The van der Waals surface area contributed by atoms with Crippen molar-refractivity contribution < 1.29 is 23.8 Å². The Hall–Kier alpha value is -5.08. The quantitative estimate of drug-likeness (QED) is 0.129. The zero-order chi connectivity index (χ0) is 40.3. The maximum absolute atomic E-state index is 14.3. The van der Waals surface area contributed by atoms with E-state index in [-0.39, 0.29) is 42.6 Å². The lowest BCUT2D eigenvalue weighted by atomic mass is 9.85. The number of methoxy groups -OCH3 is 1. The second-order valence-corrected chi connectivity index (χ2v) is 16.9. The van der Waals surface area contributed by atoms with Crippen LogP contribution in [0.15, 0.2) is 66.3 Å². The highest BCUT2D eigenvalue weighted by atomic mass is 32.1. The predicted octanol–water partition coefficient (Wildman–Crippen LogP) is 6.27. The summed E-state index contributed by atoms with van der Waals surface area (Å²) in [5.41, 5.74) is 12.9. The number of piperidine rings is 1. The number of β-amino-alcohol motifs (C(OH)–C–C–N with tert-alkyl or cyclic N) is 1. The molecular formula is C42H53FN8O4S. The standard InChI is InChI=1S/C42H53FN8O4S/c1-24(28-8-10-29(11-9-28)38-26(3)45-23-56-38)46-25(2)34-20-31(52)22-51(34)41(54)39(42(4,5)6)47-37(53)18-27-14-16-50(17-15-27)35-21-33(48-49-40(35)44)32-19-30(43)12-13-36(32)55-7/h8-13,19,21,23-24,27,31,34,39,46,52H,2,14-18,20,22H2,1,3-7H3,(H2,44,49)(H,47,53)/t24-,31+,34-,39+/m0/s1. The molecule has 2 aromatic carbocycles. The zero-order valence-corrected chi connectivity index (χ0v) is 33.8. The maximum atomic E-state index is 14.3. The Morgan fingerprint density at radius 3 is 2.46 bits per heavy atom. The van der Waals surface area contributed by atoms with Gasteiger partial charge in [0.05, 0.1) is 46.7 Å². The Bertz CT molecular complexity index is 2040. The van der Waals surface area contributed by atoms with Crippen LogP contribution in [0.1, 0.15) is 70.7 Å². The van der Waals surface area contributed by atoms with Crippen molar-refractivity contribution in [1.82, 2.24) is 30.7 Å². The molecule has 2 aliphatic rings. The first-order valence-corrected chi connectivity index (χ1v) is 20.0. The van der Waals surface area contributed by atoms with E-state index in [2.05, 4.69) is 61.6 Å². The number of thiazole rings is 1. The lowest BCUT2D eigenvalue weighted by Gasteiger charge is -2.37. The molecule has 0 radical (unpaired) electrons. The number of carbonyl (C=O) groups is 2. The van der Waals surface area contributed by atoms with Crippen molar-refractivity contribution >= 4 is 34.7 Å². The molecule has 0 bridgehead atoms. The van der Waals surface area contributed by atoms with Crippen molar-refractivity contribution in [3.05, 3.63) is 83.4 Å². The highest BCUT2D eigenvalue weighted by Gasteiger charge is 2.43. The largest absolute Gasteiger partial charge is 0.496 e. The van der Waals surface area contributed by atoms with Gasteiger partial charge in [0, 0.05) is 49.8 Å². The van der Waals surface area contributed by atoms with Crippen LogP contribution in [0.2, 0.25) is 0 Å². The number of aromatic nitrogens is 3. The van der Waals surface area contributed by atoms with Gasteiger partial charge in [0.15, 0.2) is 5.82 Å². The Morgan fingerprint density at radius 2 is 1.82 bits per heavy atom. The fourth-order valence-corrected chi connectivity index (χ4v) is 8.49. The maximum Gasteiger partial charge on any atom is 0.246 e. The molecule has 0 spiro atoms. The lowest BCUT2D eigenvalue weighted by Crippen LogP contribution is -2.56. The van der Waals surface area contributed by atoms with Gasteiger partial charge in [-0.3, -0.25) is 9.59 Å². The number of nitrogen functional groups attached to an aromatic ring is 1. The molecule has 0 aliphatic carbocycles. The summed E-state index contributed by atoms with van der Waals surface area (Å²) in [5.74, 6) is -0.0222. The topological polar surface area (TPSA) is 159 Å². The number of hydrogen-bond donors (Lipinski definition) is 4. The molecule has 4 heterocycles. The molecule has 0 saturated carbocycles. The number of amides is 2. The predicted molar refractivity (Wildman–Crippen MR) is 218 cm³/mol. The van der Waals surface area contributed by atoms with Crippen LogP contribution in [0, 0.1) is 24.1 Å². The molecule has 2 fully saturated rings. The van der Waals surface area contributed by atoms with Gasteiger partial charge in [0.1, 0.15) is 17.6 Å². The third-order valence-corrected chi connectivity index (χ3v) is 11.8. The number of aryl methyl sites for hydroxylation is 1. The lowest BCUT2D eigenvalue weighted by molar-refractivity contribution is -0.140. The second-order valence-electron chi connectivity index (χ2n) is 16.0. The number of ether oxygens (including phenoxy) is 1. The summed E-state index contributed by atoms with van der Waals surface area (Å²) in [4.78, 5) is 37.2. The van der Waals surface area contributed by atoms with E-state index in [1.807, 2.05) is 40.1 Å². The summed E-state index contributed by atoms with van der Waals surface area (Å²) >= 11 is 1.62. The highest BCUT2D eigenvalue weighted by Crippen LogP contribution is 2.35. The van der Waals surface area contributed by atoms with Gasteiger partial charge in [-0.1, -0.05) is 51.6 Å². The summed E-state index contributed by atoms with van der Waals surface area (Å²) in [7, 11) is 1.51. The van der Waals surface area contributed by atoms with E-state index in [0.717, 1.165) is 34.5 Å². The van der Waals surface area contributed by atoms with Crippen molar-refractivity contribution in [3.8, 4) is 27.4 Å². The van der Waals surface area contributed by atoms with Crippen molar-refractivity contribution in [2.45, 2.75) is 84.5 Å². The third-order valence-electron chi connectivity index (χ3n) is 10.9. The fraction of sp³-hybridized carbons (Fsp3) is 0.452. The van der Waals surface area contributed by atoms with E-state index in [0.29, 0.717) is 47.9 Å². The van der Waals surface area contributed by atoms with Crippen LogP contribution in [0.25, 0.3) is 21.7 Å². The minimum Gasteiger partial charge on any atom is -0.496 e. The van der Waals surface area contributed by atoms with Gasteiger partial charge < -0.3 is 36.0 Å². The number of rotatable bonds is 12. The first-order valence-electron chi connectivity index (χ1n) is 19.1. The van der Waals surface area contributed by atoms with Crippen LogP contribution < -0.4 is 26.0 Å². The van der Waals surface area contributed by atoms with Gasteiger partial charge in [-0.15, -0.1) is 21.5 Å². The molecule has 2 aromatic heterocycles. The number of nitrogens with two attached hydrogens (primary N) is 1. The number of anilines is 2. The van der Waals surface area contributed by atoms with Crippen LogP contribution in [-0.4, -0.2) is 81.9 Å². The molecule has 4 aromatic rings. The van der Waals surface area contributed by atoms with E-state index in [9.17, 15) is 19.1 Å². The minimum absolute atomic E-state index is 0.0904. The van der Waals surface area contributed by atoms with E-state index < -0.39 is 29.4 Å². The Labute approximate surface area is 332 Å². The van der Waals surface area contributed by atoms with Crippen molar-refractivity contribution in [2.24, 2.45) is 11.3 Å². The molecule has 2 amide bonds. The average molecular weight is 785 g/mol. The van der Waals surface area contributed by atoms with E-state index in [4.69, 9.17) is 10.5 Å². The van der Waals surface area contributed by atoms with Crippen LogP contribution >= 0.6 is 11.3 Å². The number of benzene rings is 2. The second kappa shape index (κ2) is 17.0. The Balaban J connectivity index is 1.06. The molecule has 298 valence electrons. The molecule has 2 aliphatic heterocycles. The van der Waals surface area contributed by atoms with Crippen LogP contribution in [0.3, 0.4) is 0 Å². The van der Waals surface area contributed by atoms with E-state index in [1.165, 1.54) is 19.2 Å². The van der Waals surface area contributed by atoms with Gasteiger partial charge in [0.25, 0.3) is 0 Å². The van der Waals surface area contributed by atoms with Crippen LogP contribution in [0.4, 0.5) is 15.9 Å². The molecule has 6 rings (SSSR count). The van der Waals surface area contributed by atoms with Crippen molar-refractivity contribution in [1.29, 1.82) is 0 Å². The summed E-state index contributed by atoms with van der Waals surface area (Å²) in [5, 5.41) is 25.7.